The zero-order valence-corrected chi connectivity index (χ0v) is 7.11. The van der Waals surface area contributed by atoms with Gasteiger partial charge in [-0.3, -0.25) is 0 Å². The average Bonchev–Trinajstić information content (AvgIpc) is 2.40. The first-order valence-electron chi connectivity index (χ1n) is 3.68. The van der Waals surface area contributed by atoms with E-state index >= 15 is 0 Å². The van der Waals surface area contributed by atoms with Crippen molar-refractivity contribution >= 4 is 11.3 Å². The van der Waals surface area contributed by atoms with E-state index in [-0.39, 0.29) is 0 Å². The highest BCUT2D eigenvalue weighted by Gasteiger charge is 2.05. The zero-order chi connectivity index (χ0) is 8.10. The molecule has 0 aromatic carbocycles. The summed E-state index contributed by atoms with van der Waals surface area (Å²) in [5.74, 6) is 0. The third kappa shape index (κ3) is 2.99. The van der Waals surface area contributed by atoms with Crippen LogP contribution in [0.2, 0.25) is 0 Å². The Hall–Kier alpha value is -0.410. The Morgan fingerprint density at radius 1 is 1.64 bits per heavy atom. The summed E-state index contributed by atoms with van der Waals surface area (Å²) in [4.78, 5) is 0. The Labute approximate surface area is 70.0 Å². The number of thiophene rings is 1. The van der Waals surface area contributed by atoms with Gasteiger partial charge in [-0.25, -0.2) is 4.39 Å². The molecule has 3 heteroatoms. The molecule has 0 aliphatic rings. The summed E-state index contributed by atoms with van der Waals surface area (Å²) >= 11 is 1.60. The first-order chi connectivity index (χ1) is 5.33. The molecule has 0 radical (unpaired) electrons. The van der Waals surface area contributed by atoms with Gasteiger partial charge in [0.1, 0.15) is 6.17 Å². The maximum atomic E-state index is 12.9. The molecule has 0 saturated carbocycles. The molecular weight excluding hydrogens is 161 g/mol. The van der Waals surface area contributed by atoms with Crippen molar-refractivity contribution < 1.29 is 4.39 Å². The Kier molecular flexibility index (Phi) is 3.52. The molecule has 0 fully saturated rings. The Morgan fingerprint density at radius 2 is 2.45 bits per heavy atom. The lowest BCUT2D eigenvalue weighted by Crippen LogP contribution is -2.11. The predicted octanol–water partition coefficient (Wildman–Crippen LogP) is 1.98. The number of halogens is 1. The smallest absolute Gasteiger partial charge is 0.105 e. The fourth-order valence-electron chi connectivity index (χ4n) is 0.947. The van der Waals surface area contributed by atoms with Crippen LogP contribution < -0.4 is 5.73 Å². The minimum atomic E-state index is -0.769. The van der Waals surface area contributed by atoms with Crippen molar-refractivity contribution in [2.45, 2.75) is 19.0 Å². The molecule has 0 saturated heterocycles. The van der Waals surface area contributed by atoms with Crippen LogP contribution in [-0.4, -0.2) is 12.7 Å². The third-order valence-electron chi connectivity index (χ3n) is 1.52. The second kappa shape index (κ2) is 4.46. The van der Waals surface area contributed by atoms with Gasteiger partial charge in [0.05, 0.1) is 0 Å². The highest BCUT2D eigenvalue weighted by Crippen LogP contribution is 2.11. The molecule has 0 aliphatic carbocycles. The summed E-state index contributed by atoms with van der Waals surface area (Å²) in [5, 5.41) is 3.94. The topological polar surface area (TPSA) is 26.0 Å². The molecule has 1 aromatic heterocycles. The molecule has 0 amide bonds. The molecule has 1 unspecified atom stereocenters. The number of hydrogen-bond acceptors (Lipinski definition) is 2. The lowest BCUT2D eigenvalue weighted by molar-refractivity contribution is 0.317. The van der Waals surface area contributed by atoms with Gasteiger partial charge < -0.3 is 5.73 Å². The van der Waals surface area contributed by atoms with E-state index in [4.69, 9.17) is 5.73 Å². The lowest BCUT2D eigenvalue weighted by Gasteiger charge is -2.03. The van der Waals surface area contributed by atoms with Crippen LogP contribution in [0, 0.1) is 0 Å². The number of nitrogens with two attached hydrogens (primary N) is 1. The van der Waals surface area contributed by atoms with E-state index in [0.29, 0.717) is 19.4 Å². The maximum Gasteiger partial charge on any atom is 0.105 e. The van der Waals surface area contributed by atoms with E-state index in [2.05, 4.69) is 0 Å². The van der Waals surface area contributed by atoms with Gasteiger partial charge >= 0.3 is 0 Å². The predicted molar refractivity (Wildman–Crippen MR) is 46.6 cm³/mol. The van der Waals surface area contributed by atoms with Crippen LogP contribution in [0.3, 0.4) is 0 Å². The van der Waals surface area contributed by atoms with Crippen molar-refractivity contribution in [1.29, 1.82) is 0 Å². The lowest BCUT2D eigenvalue weighted by atomic mass is 10.1. The van der Waals surface area contributed by atoms with Crippen LogP contribution in [0.5, 0.6) is 0 Å². The van der Waals surface area contributed by atoms with Crippen LogP contribution in [-0.2, 0) is 6.42 Å². The Morgan fingerprint density at radius 3 is 3.00 bits per heavy atom. The van der Waals surface area contributed by atoms with E-state index in [1.54, 1.807) is 11.3 Å². The Balaban J connectivity index is 2.31. The van der Waals surface area contributed by atoms with E-state index in [1.165, 1.54) is 0 Å². The van der Waals surface area contributed by atoms with Crippen molar-refractivity contribution in [2.75, 3.05) is 6.54 Å². The molecule has 0 aliphatic heterocycles. The molecule has 11 heavy (non-hydrogen) atoms. The second-order valence-corrected chi connectivity index (χ2v) is 3.29. The highest BCUT2D eigenvalue weighted by molar-refractivity contribution is 7.07. The van der Waals surface area contributed by atoms with Gasteiger partial charge in [0.2, 0.25) is 0 Å². The molecule has 2 N–H and O–H groups in total. The molecule has 62 valence electrons. The molecule has 1 aromatic rings. The minimum Gasteiger partial charge on any atom is -0.330 e. The van der Waals surface area contributed by atoms with Crippen LogP contribution in [0.4, 0.5) is 4.39 Å². The Bertz CT molecular complexity index is 186. The zero-order valence-electron chi connectivity index (χ0n) is 6.29. The highest BCUT2D eigenvalue weighted by atomic mass is 32.1. The largest absolute Gasteiger partial charge is 0.330 e. The quantitative estimate of drug-likeness (QED) is 0.740. The molecule has 1 rings (SSSR count). The van der Waals surface area contributed by atoms with Crippen molar-refractivity contribution in [3.8, 4) is 0 Å². The van der Waals surface area contributed by atoms with Crippen LogP contribution in [0.25, 0.3) is 0 Å². The fraction of sp³-hybridized carbons (Fsp3) is 0.500. The second-order valence-electron chi connectivity index (χ2n) is 2.51. The van der Waals surface area contributed by atoms with E-state index in [0.717, 1.165) is 5.56 Å². The summed E-state index contributed by atoms with van der Waals surface area (Å²) in [7, 11) is 0. The maximum absolute atomic E-state index is 12.9. The van der Waals surface area contributed by atoms with Gasteiger partial charge in [-0.1, -0.05) is 0 Å². The third-order valence-corrected chi connectivity index (χ3v) is 2.25. The number of alkyl halides is 1. The molecule has 1 atom stereocenters. The van der Waals surface area contributed by atoms with Crippen molar-refractivity contribution in [3.05, 3.63) is 22.4 Å². The summed E-state index contributed by atoms with van der Waals surface area (Å²) in [6.07, 6.45) is 0.214. The van der Waals surface area contributed by atoms with Crippen molar-refractivity contribution in [2.24, 2.45) is 5.73 Å². The van der Waals surface area contributed by atoms with Crippen LogP contribution in [0.1, 0.15) is 12.0 Å². The standard InChI is InChI=1S/C8H12FNS/c9-8(1-3-10)5-7-2-4-11-6-7/h2,4,6,8H,1,3,5,10H2. The van der Waals surface area contributed by atoms with Crippen molar-refractivity contribution in [1.82, 2.24) is 0 Å². The fourth-order valence-corrected chi connectivity index (χ4v) is 1.63. The van der Waals surface area contributed by atoms with Gasteiger partial charge in [-0.2, -0.15) is 11.3 Å². The molecular formula is C8H12FNS. The van der Waals surface area contributed by atoms with E-state index < -0.39 is 6.17 Å². The molecule has 0 bridgehead atoms. The van der Waals surface area contributed by atoms with Gasteiger partial charge in [0, 0.05) is 6.42 Å². The summed E-state index contributed by atoms with van der Waals surface area (Å²) < 4.78 is 12.9. The monoisotopic (exact) mass is 173 g/mol. The summed E-state index contributed by atoms with van der Waals surface area (Å²) in [6.45, 7) is 0.436. The van der Waals surface area contributed by atoms with Gasteiger partial charge in [0.25, 0.3) is 0 Å². The number of hydrogen-bond donors (Lipinski definition) is 1. The summed E-state index contributed by atoms with van der Waals surface area (Å²) in [6, 6.07) is 1.95. The number of rotatable bonds is 4. The van der Waals surface area contributed by atoms with Crippen LogP contribution >= 0.6 is 11.3 Å². The van der Waals surface area contributed by atoms with E-state index in [1.807, 2.05) is 16.8 Å². The van der Waals surface area contributed by atoms with Crippen molar-refractivity contribution in [3.63, 3.8) is 0 Å². The summed E-state index contributed by atoms with van der Waals surface area (Å²) in [5.41, 5.74) is 6.30. The first kappa shape index (κ1) is 8.68. The molecule has 1 nitrogen and oxygen atoms in total. The van der Waals surface area contributed by atoms with Gasteiger partial charge in [-0.05, 0) is 35.4 Å². The van der Waals surface area contributed by atoms with Gasteiger partial charge in [-0.15, -0.1) is 0 Å². The molecule has 1 heterocycles. The normalized spacial score (nSPS) is 13.3. The van der Waals surface area contributed by atoms with Crippen LogP contribution in [0.15, 0.2) is 16.8 Å². The molecule has 0 spiro atoms. The minimum absolute atomic E-state index is 0.436. The SMILES string of the molecule is NCCC(F)Cc1ccsc1. The average molecular weight is 173 g/mol. The van der Waals surface area contributed by atoms with E-state index in [9.17, 15) is 4.39 Å². The first-order valence-corrected chi connectivity index (χ1v) is 4.62. The van der Waals surface area contributed by atoms with Gasteiger partial charge in [0.15, 0.2) is 0 Å².